The van der Waals surface area contributed by atoms with Gasteiger partial charge in [-0.2, -0.15) is 0 Å². The molecule has 0 aromatic heterocycles. The number of rotatable bonds is 5. The summed E-state index contributed by atoms with van der Waals surface area (Å²) < 4.78 is 0. The maximum atomic E-state index is 3.75. The van der Waals surface area contributed by atoms with Gasteiger partial charge in [-0.05, 0) is 44.6 Å². The zero-order chi connectivity index (χ0) is 9.52. The fourth-order valence-corrected chi connectivity index (χ4v) is 2.19. The number of allylic oxidation sites excluding steroid dienone is 1. The summed E-state index contributed by atoms with van der Waals surface area (Å²) in [5, 5.41) is 3.61. The molecular weight excluding hydrogens is 158 g/mol. The van der Waals surface area contributed by atoms with Crippen molar-refractivity contribution in [2.75, 3.05) is 6.54 Å². The molecule has 1 aliphatic rings. The first-order valence-corrected chi connectivity index (χ1v) is 5.71. The molecule has 76 valence electrons. The predicted molar refractivity (Wildman–Crippen MR) is 58.9 cm³/mol. The Labute approximate surface area is 82.6 Å². The Kier molecular flexibility index (Phi) is 5.14. The second kappa shape index (κ2) is 6.20. The van der Waals surface area contributed by atoms with Crippen molar-refractivity contribution in [3.63, 3.8) is 0 Å². The van der Waals surface area contributed by atoms with Gasteiger partial charge in [0.1, 0.15) is 0 Å². The molecule has 2 unspecified atom stereocenters. The molecule has 1 heteroatoms. The summed E-state index contributed by atoms with van der Waals surface area (Å²) in [6, 6.07) is 0.790. The predicted octanol–water partition coefficient (Wildman–Crippen LogP) is 3.12. The molecular formula is C12H23N. The second-order valence-corrected chi connectivity index (χ2v) is 4.17. The van der Waals surface area contributed by atoms with Crippen LogP contribution in [0.15, 0.2) is 12.7 Å². The number of piperidine rings is 1. The standard InChI is InChI=1S/C12H23N/c1-3-5-6-7-12-10-11(4-2)8-9-13-12/h3,11-13H,1,4-10H2,2H3. The quantitative estimate of drug-likeness (QED) is 0.507. The Morgan fingerprint density at radius 2 is 2.38 bits per heavy atom. The Balaban J connectivity index is 2.14. The van der Waals surface area contributed by atoms with E-state index < -0.39 is 0 Å². The van der Waals surface area contributed by atoms with Crippen molar-refractivity contribution in [1.82, 2.24) is 5.32 Å². The molecule has 0 aromatic carbocycles. The van der Waals surface area contributed by atoms with E-state index in [4.69, 9.17) is 0 Å². The van der Waals surface area contributed by atoms with Crippen LogP contribution in [0.25, 0.3) is 0 Å². The maximum Gasteiger partial charge on any atom is 0.00698 e. The molecule has 0 saturated carbocycles. The molecule has 0 radical (unpaired) electrons. The highest BCUT2D eigenvalue weighted by Gasteiger charge is 2.18. The zero-order valence-corrected chi connectivity index (χ0v) is 8.89. The average Bonchev–Trinajstić information content (AvgIpc) is 2.19. The van der Waals surface area contributed by atoms with E-state index in [1.165, 1.54) is 45.1 Å². The third-order valence-corrected chi connectivity index (χ3v) is 3.14. The summed E-state index contributed by atoms with van der Waals surface area (Å²) in [6.45, 7) is 7.30. The molecule has 1 saturated heterocycles. The molecule has 0 aromatic rings. The van der Waals surface area contributed by atoms with E-state index >= 15 is 0 Å². The summed E-state index contributed by atoms with van der Waals surface area (Å²) >= 11 is 0. The van der Waals surface area contributed by atoms with Crippen LogP contribution in [0.2, 0.25) is 0 Å². The number of nitrogens with one attached hydrogen (secondary N) is 1. The first-order valence-electron chi connectivity index (χ1n) is 5.71. The minimum absolute atomic E-state index is 0.790. The molecule has 1 fully saturated rings. The Morgan fingerprint density at radius 1 is 1.54 bits per heavy atom. The maximum absolute atomic E-state index is 3.75. The smallest absolute Gasteiger partial charge is 0.00698 e. The topological polar surface area (TPSA) is 12.0 Å². The van der Waals surface area contributed by atoms with Crippen molar-refractivity contribution >= 4 is 0 Å². The van der Waals surface area contributed by atoms with E-state index in [9.17, 15) is 0 Å². The largest absolute Gasteiger partial charge is 0.314 e. The first-order chi connectivity index (χ1) is 6.36. The summed E-state index contributed by atoms with van der Waals surface area (Å²) in [5.74, 6) is 0.981. The van der Waals surface area contributed by atoms with Gasteiger partial charge in [0.2, 0.25) is 0 Å². The number of unbranched alkanes of at least 4 members (excludes halogenated alkanes) is 1. The lowest BCUT2D eigenvalue weighted by Crippen LogP contribution is -2.37. The van der Waals surface area contributed by atoms with Gasteiger partial charge in [-0.3, -0.25) is 0 Å². The van der Waals surface area contributed by atoms with Crippen molar-refractivity contribution in [2.45, 2.75) is 51.5 Å². The average molecular weight is 181 g/mol. The van der Waals surface area contributed by atoms with Crippen molar-refractivity contribution in [1.29, 1.82) is 0 Å². The Hall–Kier alpha value is -0.300. The highest BCUT2D eigenvalue weighted by atomic mass is 14.9. The van der Waals surface area contributed by atoms with Crippen LogP contribution in [0.4, 0.5) is 0 Å². The van der Waals surface area contributed by atoms with Gasteiger partial charge < -0.3 is 5.32 Å². The van der Waals surface area contributed by atoms with Gasteiger partial charge in [0.25, 0.3) is 0 Å². The Morgan fingerprint density at radius 3 is 3.08 bits per heavy atom. The summed E-state index contributed by atoms with van der Waals surface area (Å²) in [4.78, 5) is 0. The van der Waals surface area contributed by atoms with E-state index in [0.717, 1.165) is 12.0 Å². The van der Waals surface area contributed by atoms with E-state index in [0.29, 0.717) is 0 Å². The van der Waals surface area contributed by atoms with Gasteiger partial charge in [-0.1, -0.05) is 19.4 Å². The third kappa shape index (κ3) is 3.95. The third-order valence-electron chi connectivity index (χ3n) is 3.14. The van der Waals surface area contributed by atoms with E-state index in [-0.39, 0.29) is 0 Å². The molecule has 0 spiro atoms. The fraction of sp³-hybridized carbons (Fsp3) is 0.833. The first kappa shape index (κ1) is 10.8. The summed E-state index contributed by atoms with van der Waals surface area (Å²) in [5.41, 5.74) is 0. The molecule has 0 amide bonds. The normalized spacial score (nSPS) is 28.7. The molecule has 1 aliphatic heterocycles. The van der Waals surface area contributed by atoms with Crippen LogP contribution in [0.1, 0.15) is 45.4 Å². The molecule has 1 rings (SSSR count). The molecule has 0 aliphatic carbocycles. The van der Waals surface area contributed by atoms with Crippen LogP contribution in [-0.2, 0) is 0 Å². The Bertz CT molecular complexity index is 142. The van der Waals surface area contributed by atoms with Crippen LogP contribution >= 0.6 is 0 Å². The van der Waals surface area contributed by atoms with Crippen LogP contribution < -0.4 is 5.32 Å². The number of hydrogen-bond donors (Lipinski definition) is 1. The SMILES string of the molecule is C=CCCCC1CC(CC)CCN1. The van der Waals surface area contributed by atoms with Crippen molar-refractivity contribution < 1.29 is 0 Å². The van der Waals surface area contributed by atoms with Crippen LogP contribution in [0, 0.1) is 5.92 Å². The lowest BCUT2D eigenvalue weighted by atomic mass is 9.88. The molecule has 1 heterocycles. The lowest BCUT2D eigenvalue weighted by Gasteiger charge is -2.29. The second-order valence-electron chi connectivity index (χ2n) is 4.17. The van der Waals surface area contributed by atoms with Crippen LogP contribution in [-0.4, -0.2) is 12.6 Å². The van der Waals surface area contributed by atoms with Gasteiger partial charge in [0.05, 0.1) is 0 Å². The van der Waals surface area contributed by atoms with Gasteiger partial charge >= 0.3 is 0 Å². The monoisotopic (exact) mass is 181 g/mol. The molecule has 13 heavy (non-hydrogen) atoms. The number of hydrogen-bond acceptors (Lipinski definition) is 1. The van der Waals surface area contributed by atoms with Gasteiger partial charge in [0.15, 0.2) is 0 Å². The fourth-order valence-electron chi connectivity index (χ4n) is 2.19. The van der Waals surface area contributed by atoms with Crippen molar-refractivity contribution in [2.24, 2.45) is 5.92 Å². The minimum Gasteiger partial charge on any atom is -0.314 e. The molecule has 2 atom stereocenters. The molecule has 1 nitrogen and oxygen atoms in total. The summed E-state index contributed by atoms with van der Waals surface area (Å²) in [6.07, 6.45) is 9.98. The minimum atomic E-state index is 0.790. The molecule has 0 bridgehead atoms. The zero-order valence-electron chi connectivity index (χ0n) is 8.89. The van der Waals surface area contributed by atoms with Crippen LogP contribution in [0.3, 0.4) is 0 Å². The summed E-state index contributed by atoms with van der Waals surface area (Å²) in [7, 11) is 0. The highest BCUT2D eigenvalue weighted by Crippen LogP contribution is 2.21. The van der Waals surface area contributed by atoms with Gasteiger partial charge in [-0.25, -0.2) is 0 Å². The van der Waals surface area contributed by atoms with E-state index in [1.54, 1.807) is 0 Å². The van der Waals surface area contributed by atoms with Gasteiger partial charge in [-0.15, -0.1) is 6.58 Å². The van der Waals surface area contributed by atoms with Gasteiger partial charge in [0, 0.05) is 6.04 Å². The highest BCUT2D eigenvalue weighted by molar-refractivity contribution is 4.78. The molecule has 1 N–H and O–H groups in total. The van der Waals surface area contributed by atoms with Crippen molar-refractivity contribution in [3.05, 3.63) is 12.7 Å². The van der Waals surface area contributed by atoms with E-state index in [1.807, 2.05) is 6.08 Å². The van der Waals surface area contributed by atoms with E-state index in [2.05, 4.69) is 18.8 Å². The lowest BCUT2D eigenvalue weighted by molar-refractivity contribution is 0.282. The van der Waals surface area contributed by atoms with Crippen molar-refractivity contribution in [3.8, 4) is 0 Å². The van der Waals surface area contributed by atoms with Crippen LogP contribution in [0.5, 0.6) is 0 Å².